The van der Waals surface area contributed by atoms with Crippen molar-refractivity contribution in [3.05, 3.63) is 71.5 Å². The third-order valence-corrected chi connectivity index (χ3v) is 13.7. The summed E-state index contributed by atoms with van der Waals surface area (Å²) in [6.45, 7) is 15.3. The van der Waals surface area contributed by atoms with Crippen LogP contribution in [0.15, 0.2) is 54.7 Å². The van der Waals surface area contributed by atoms with E-state index in [0.29, 0.717) is 43.5 Å². The van der Waals surface area contributed by atoms with Crippen molar-refractivity contribution in [2.75, 3.05) is 47.5 Å². The molecule has 5 heterocycles. The number of benzene rings is 2. The van der Waals surface area contributed by atoms with Crippen LogP contribution in [0.1, 0.15) is 84.2 Å². The van der Waals surface area contributed by atoms with Crippen molar-refractivity contribution in [1.82, 2.24) is 35.1 Å². The summed E-state index contributed by atoms with van der Waals surface area (Å²) in [6, 6.07) is 12.5. The number of rotatable bonds is 9. The molecule has 3 aliphatic rings. The molecule has 360 valence electrons. The van der Waals surface area contributed by atoms with E-state index in [1.807, 2.05) is 45.9 Å². The van der Waals surface area contributed by atoms with Crippen LogP contribution in [0.3, 0.4) is 0 Å². The Morgan fingerprint density at radius 1 is 1.06 bits per heavy atom. The van der Waals surface area contributed by atoms with Crippen molar-refractivity contribution in [2.45, 2.75) is 105 Å². The number of fused-ring (bicyclic) bond motifs is 6. The Morgan fingerprint density at radius 3 is 2.52 bits per heavy atom. The average molecular weight is 922 g/mol. The molecule has 16 heteroatoms. The highest BCUT2D eigenvalue weighted by Crippen LogP contribution is 2.42. The normalized spacial score (nSPS) is 22.0. The van der Waals surface area contributed by atoms with Gasteiger partial charge < -0.3 is 39.0 Å². The number of carbonyl (C=O) groups excluding carboxylic acids is 5. The van der Waals surface area contributed by atoms with Gasteiger partial charge in [0, 0.05) is 74.8 Å². The van der Waals surface area contributed by atoms with Crippen LogP contribution >= 0.6 is 0 Å². The molecule has 3 N–H and O–H groups in total. The molecule has 2 aromatic heterocycles. The first kappa shape index (κ1) is 48.9. The zero-order chi connectivity index (χ0) is 48.5. The number of cyclic esters (lactones) is 1. The monoisotopic (exact) mass is 922 g/mol. The van der Waals surface area contributed by atoms with Gasteiger partial charge in [-0.15, -0.1) is 0 Å². The Bertz CT molecular complexity index is 2520. The molecule has 2 fully saturated rings. The Kier molecular flexibility index (Phi) is 14.7. The number of aromatic hydroxyl groups is 1. The highest BCUT2D eigenvalue weighted by molar-refractivity contribution is 5.96. The number of aromatic nitrogens is 2. The minimum Gasteiger partial charge on any atom is -0.508 e. The van der Waals surface area contributed by atoms with E-state index >= 15 is 0 Å². The molecule has 4 amide bonds. The second-order valence-electron chi connectivity index (χ2n) is 19.6. The van der Waals surface area contributed by atoms with E-state index < -0.39 is 53.3 Å². The van der Waals surface area contributed by atoms with E-state index in [1.165, 1.54) is 21.9 Å². The number of hydrogen-bond donors (Lipinski definition) is 3. The maximum atomic E-state index is 14.7. The molecule has 16 nitrogen and oxygen atoms in total. The van der Waals surface area contributed by atoms with Crippen LogP contribution < -0.4 is 10.7 Å². The van der Waals surface area contributed by atoms with Crippen molar-refractivity contribution in [3.63, 3.8) is 0 Å². The van der Waals surface area contributed by atoms with Gasteiger partial charge in [0.2, 0.25) is 11.8 Å². The standard InChI is InChI=1S/C51H67N7O9/c1-11-57-42-17-16-33-24-37(42)38(45(57)36-14-12-18-52-43(36)31(5)65-9)25-51(6,7)28-67-49(63)40-15-13-19-58(54-40)48(62)41(22-32-20-34(33)23-35(59)21-32)53-46(60)44(29(2)3)55(8)47(61)39-27-56(26-30(39)4)50(64)66-10/h12,14,16-18,20-21,23-24,29-31,39-41,44,54,59H,11,13,15,19,22,25-28H2,1-10H3,(H,53,60)/t30-,31-,39+,40-,41-,44-/m0/s1. The Morgan fingerprint density at radius 2 is 1.82 bits per heavy atom. The molecule has 0 unspecified atom stereocenters. The molecule has 6 atom stereocenters. The number of aryl methyl sites for hydroxylation is 1. The second-order valence-corrected chi connectivity index (χ2v) is 19.6. The summed E-state index contributed by atoms with van der Waals surface area (Å²) >= 11 is 0. The topological polar surface area (TPSA) is 185 Å². The van der Waals surface area contributed by atoms with Gasteiger partial charge in [-0.05, 0) is 104 Å². The number of nitrogens with zero attached hydrogens (tertiary/aromatic N) is 5. The summed E-state index contributed by atoms with van der Waals surface area (Å²) in [6.07, 6.45) is 2.42. The lowest BCUT2D eigenvalue weighted by Gasteiger charge is -2.37. The average Bonchev–Trinajstić information content (AvgIpc) is 3.85. The van der Waals surface area contributed by atoms with Crippen LogP contribution in [0.5, 0.6) is 5.75 Å². The van der Waals surface area contributed by atoms with Gasteiger partial charge in [0.25, 0.3) is 5.91 Å². The van der Waals surface area contributed by atoms with E-state index in [2.05, 4.69) is 54.3 Å². The largest absolute Gasteiger partial charge is 0.508 e. The molecule has 0 spiro atoms. The van der Waals surface area contributed by atoms with Crippen LogP contribution in [0, 0.1) is 23.2 Å². The van der Waals surface area contributed by atoms with E-state index in [9.17, 15) is 29.1 Å². The number of nitrogens with one attached hydrogen (secondary N) is 2. The number of phenols is 1. The van der Waals surface area contributed by atoms with Crippen LogP contribution in [0.25, 0.3) is 33.3 Å². The number of likely N-dealkylation sites (tertiary alicyclic amines) is 1. The number of methoxy groups -OCH3 is 2. The fourth-order valence-electron chi connectivity index (χ4n) is 10.2. The molecule has 0 radical (unpaired) electrons. The number of pyridine rings is 1. The smallest absolute Gasteiger partial charge is 0.409 e. The molecule has 0 saturated carbocycles. The van der Waals surface area contributed by atoms with Crippen molar-refractivity contribution in [2.24, 2.45) is 23.2 Å². The predicted molar refractivity (Wildman–Crippen MR) is 253 cm³/mol. The van der Waals surface area contributed by atoms with Crippen molar-refractivity contribution >= 4 is 40.7 Å². The number of likely N-dealkylation sites (N-methyl/N-ethyl adjacent to an activating group) is 1. The lowest BCUT2D eigenvalue weighted by molar-refractivity contribution is -0.155. The molecule has 67 heavy (non-hydrogen) atoms. The second kappa shape index (κ2) is 20.1. The number of carbonyl (C=O) groups is 5. The van der Waals surface area contributed by atoms with E-state index in [0.717, 1.165) is 39.0 Å². The van der Waals surface area contributed by atoms with Gasteiger partial charge in [-0.1, -0.05) is 46.8 Å². The SMILES string of the molecule is CCn1c(-c2cccnc2[C@H](C)OC)c2c3cc(ccc31)-c1cc(O)cc(c1)C[C@H](NC(=O)[C@H](C(C)C)N(C)C(=O)[C@@H]1CN(C(=O)OC)C[C@@H]1C)C(=O)N1CCC[C@H](N1)C(=O)OCC(C)(C)C2. The van der Waals surface area contributed by atoms with Crippen molar-refractivity contribution < 1.29 is 43.3 Å². The van der Waals surface area contributed by atoms with Gasteiger partial charge in [0.1, 0.15) is 23.9 Å². The highest BCUT2D eigenvalue weighted by Gasteiger charge is 2.43. The van der Waals surface area contributed by atoms with Crippen LogP contribution in [0.2, 0.25) is 0 Å². The third kappa shape index (κ3) is 10.2. The maximum Gasteiger partial charge on any atom is 0.409 e. The minimum atomic E-state index is -1.18. The van der Waals surface area contributed by atoms with Crippen molar-refractivity contribution in [1.29, 1.82) is 0 Å². The summed E-state index contributed by atoms with van der Waals surface area (Å²) in [5, 5.41) is 16.7. The fourth-order valence-corrected chi connectivity index (χ4v) is 10.2. The molecule has 0 aliphatic carbocycles. The number of ether oxygens (including phenoxy) is 3. The zero-order valence-corrected chi connectivity index (χ0v) is 40.6. The van der Waals surface area contributed by atoms with Gasteiger partial charge in [-0.3, -0.25) is 29.2 Å². The molecular formula is C51H67N7O9. The maximum absolute atomic E-state index is 14.7. The Labute approximate surface area is 393 Å². The van der Waals surface area contributed by atoms with E-state index in [4.69, 9.17) is 19.2 Å². The zero-order valence-electron chi connectivity index (χ0n) is 40.6. The summed E-state index contributed by atoms with van der Waals surface area (Å²) in [5.41, 5.74) is 9.50. The lowest BCUT2D eigenvalue weighted by atomic mass is 9.84. The predicted octanol–water partition coefficient (Wildman–Crippen LogP) is 6.27. The third-order valence-electron chi connectivity index (χ3n) is 13.7. The molecule has 4 aromatic rings. The fraction of sp³-hybridized carbons (Fsp3) is 0.529. The minimum absolute atomic E-state index is 0.0165. The van der Waals surface area contributed by atoms with Gasteiger partial charge in [0.15, 0.2) is 0 Å². The van der Waals surface area contributed by atoms with Gasteiger partial charge in [0.05, 0.1) is 37.1 Å². The molecule has 2 aromatic carbocycles. The van der Waals surface area contributed by atoms with E-state index in [-0.39, 0.29) is 55.7 Å². The first-order chi connectivity index (χ1) is 31.9. The summed E-state index contributed by atoms with van der Waals surface area (Å²) in [4.78, 5) is 77.4. The van der Waals surface area contributed by atoms with Gasteiger partial charge in [-0.2, -0.15) is 0 Å². The number of amides is 4. The lowest BCUT2D eigenvalue weighted by Crippen LogP contribution is -2.62. The highest BCUT2D eigenvalue weighted by atomic mass is 16.5. The van der Waals surface area contributed by atoms with Gasteiger partial charge >= 0.3 is 12.1 Å². The first-order valence-corrected chi connectivity index (χ1v) is 23.5. The summed E-state index contributed by atoms with van der Waals surface area (Å²) in [5.74, 6) is -2.92. The van der Waals surface area contributed by atoms with Gasteiger partial charge in [-0.25, -0.2) is 10.2 Å². The molecular weight excluding hydrogens is 855 g/mol. The van der Waals surface area contributed by atoms with Crippen LogP contribution in [0.4, 0.5) is 4.79 Å². The Hall–Kier alpha value is -6.00. The molecule has 2 saturated heterocycles. The quantitative estimate of drug-likeness (QED) is 0.161. The van der Waals surface area contributed by atoms with E-state index in [1.54, 1.807) is 32.5 Å². The molecule has 7 rings (SSSR count). The summed E-state index contributed by atoms with van der Waals surface area (Å²) in [7, 11) is 4.54. The molecule has 3 aliphatic heterocycles. The van der Waals surface area contributed by atoms with Crippen LogP contribution in [-0.2, 0) is 52.8 Å². The molecule has 6 bridgehead atoms. The number of hydrazine groups is 1. The first-order valence-electron chi connectivity index (χ1n) is 23.5. The Balaban J connectivity index is 1.31. The number of phenolic OH excluding ortho intramolecular Hbond substituents is 1. The van der Waals surface area contributed by atoms with Crippen molar-refractivity contribution in [3.8, 4) is 28.1 Å². The summed E-state index contributed by atoms with van der Waals surface area (Å²) < 4.78 is 19.1. The van der Waals surface area contributed by atoms with Crippen LogP contribution in [-0.4, -0.2) is 125 Å². The number of hydrogen-bond acceptors (Lipinski definition) is 11. The number of esters is 1.